The second kappa shape index (κ2) is 17.7. The number of ether oxygens (including phenoxy) is 2. The van der Waals surface area contributed by atoms with Crippen molar-refractivity contribution < 1.29 is 23.9 Å². The molecule has 0 aliphatic heterocycles. The standard InChI is InChI=1S/C48H67N5O5/c1-45(2,3)30-25-37(46(4,5)6)40-35(41(47(7,8)9)52-38(40)26-30)27-39(42(54)51-29-48(21-15-23-49,22-16-24-50)43(55)57-10)53-44(56)58-28-36-33-19-13-11-17-31(33)32-18-12-14-20-34(32)36/h11-14,17-20,25-26,36,39,52H,15-16,21-24,27-29,49-50H2,1-10H3,(H,51,54)(H,53,56)/t39-/m0/s1. The van der Waals surface area contributed by atoms with Crippen molar-refractivity contribution in [3.63, 3.8) is 0 Å². The van der Waals surface area contributed by atoms with E-state index in [9.17, 15) is 14.4 Å². The molecular weight excluding hydrogens is 727 g/mol. The second-order valence-electron chi connectivity index (χ2n) is 19.2. The van der Waals surface area contributed by atoms with Gasteiger partial charge in [-0.2, -0.15) is 0 Å². The number of benzene rings is 3. The fourth-order valence-electron chi connectivity index (χ4n) is 8.52. The molecule has 0 bridgehead atoms. The molecule has 0 spiro atoms. The van der Waals surface area contributed by atoms with E-state index in [4.69, 9.17) is 20.9 Å². The van der Waals surface area contributed by atoms with Crippen molar-refractivity contribution in [3.8, 4) is 11.1 Å². The van der Waals surface area contributed by atoms with E-state index in [1.165, 1.54) is 12.7 Å². The number of carbonyl (C=O) groups excluding carboxylic acids is 3. The molecule has 1 aliphatic carbocycles. The lowest BCUT2D eigenvalue weighted by Crippen LogP contribution is -2.52. The molecule has 314 valence electrons. The smallest absolute Gasteiger partial charge is 0.407 e. The van der Waals surface area contributed by atoms with Crippen LogP contribution in [0.4, 0.5) is 4.79 Å². The zero-order valence-electron chi connectivity index (χ0n) is 36.5. The molecule has 4 aromatic rings. The monoisotopic (exact) mass is 794 g/mol. The number of rotatable bonds is 15. The normalized spacial score (nSPS) is 13.9. The van der Waals surface area contributed by atoms with Gasteiger partial charge in [-0.3, -0.25) is 9.59 Å². The number of nitrogens with two attached hydrogens (primary N) is 2. The summed E-state index contributed by atoms with van der Waals surface area (Å²) in [6, 6.07) is 19.8. The molecule has 2 amide bonds. The molecular formula is C48H67N5O5. The first-order valence-corrected chi connectivity index (χ1v) is 20.8. The molecule has 1 atom stereocenters. The Kier molecular flexibility index (Phi) is 13.5. The van der Waals surface area contributed by atoms with E-state index in [-0.39, 0.29) is 41.7 Å². The minimum Gasteiger partial charge on any atom is -0.469 e. The fourth-order valence-corrected chi connectivity index (χ4v) is 8.52. The quantitative estimate of drug-likeness (QED) is 0.0758. The average molecular weight is 794 g/mol. The minimum absolute atomic E-state index is 0.00354. The maximum atomic E-state index is 14.7. The van der Waals surface area contributed by atoms with Gasteiger partial charge >= 0.3 is 12.1 Å². The molecule has 1 aliphatic rings. The number of aromatic amines is 1. The van der Waals surface area contributed by atoms with Crippen LogP contribution in [0.25, 0.3) is 22.0 Å². The predicted molar refractivity (Wildman–Crippen MR) is 234 cm³/mol. The molecule has 10 nitrogen and oxygen atoms in total. The van der Waals surface area contributed by atoms with Crippen LogP contribution in [0.1, 0.15) is 127 Å². The van der Waals surface area contributed by atoms with Gasteiger partial charge < -0.3 is 36.6 Å². The van der Waals surface area contributed by atoms with Crippen LogP contribution < -0.4 is 22.1 Å². The van der Waals surface area contributed by atoms with Crippen LogP contribution >= 0.6 is 0 Å². The van der Waals surface area contributed by atoms with Gasteiger partial charge in [-0.1, -0.05) is 117 Å². The Morgan fingerprint density at radius 1 is 0.793 bits per heavy atom. The van der Waals surface area contributed by atoms with Gasteiger partial charge in [0.2, 0.25) is 5.91 Å². The second-order valence-corrected chi connectivity index (χ2v) is 19.2. The van der Waals surface area contributed by atoms with Gasteiger partial charge in [0.15, 0.2) is 0 Å². The lowest BCUT2D eigenvalue weighted by atomic mass is 9.77. The molecule has 1 aromatic heterocycles. The number of amides is 2. The predicted octanol–water partition coefficient (Wildman–Crippen LogP) is 8.26. The van der Waals surface area contributed by atoms with Crippen LogP contribution in [0.2, 0.25) is 0 Å². The number of hydrogen-bond acceptors (Lipinski definition) is 7. The molecule has 7 N–H and O–H groups in total. The summed E-state index contributed by atoms with van der Waals surface area (Å²) in [4.78, 5) is 45.9. The first-order valence-electron chi connectivity index (χ1n) is 20.8. The number of alkyl carbamates (subject to hydrolysis) is 1. The van der Waals surface area contributed by atoms with Crippen molar-refractivity contribution >= 4 is 28.9 Å². The summed E-state index contributed by atoms with van der Waals surface area (Å²) in [5.74, 6) is -1.00. The van der Waals surface area contributed by atoms with E-state index in [1.54, 1.807) is 0 Å². The molecule has 1 heterocycles. The van der Waals surface area contributed by atoms with E-state index in [0.717, 1.165) is 50.0 Å². The van der Waals surface area contributed by atoms with Gasteiger partial charge in [-0.05, 0) is 94.6 Å². The molecule has 3 aromatic carbocycles. The Hall–Kier alpha value is -4.67. The molecule has 58 heavy (non-hydrogen) atoms. The van der Waals surface area contributed by atoms with E-state index in [1.807, 2.05) is 24.3 Å². The van der Waals surface area contributed by atoms with Gasteiger partial charge in [-0.25, -0.2) is 4.79 Å². The fraction of sp³-hybridized carbons (Fsp3) is 0.521. The topological polar surface area (TPSA) is 162 Å². The highest BCUT2D eigenvalue weighted by Crippen LogP contribution is 2.45. The molecule has 0 saturated carbocycles. The van der Waals surface area contributed by atoms with Gasteiger partial charge in [0.1, 0.15) is 12.6 Å². The Bertz CT molecular complexity index is 2040. The zero-order chi connectivity index (χ0) is 42.6. The van der Waals surface area contributed by atoms with Crippen molar-refractivity contribution in [1.82, 2.24) is 15.6 Å². The molecule has 0 fully saturated rings. The zero-order valence-corrected chi connectivity index (χ0v) is 36.5. The highest BCUT2D eigenvalue weighted by Gasteiger charge is 2.40. The average Bonchev–Trinajstić information content (AvgIpc) is 3.71. The number of carbonyl (C=O) groups is 3. The van der Waals surface area contributed by atoms with Crippen LogP contribution in [0, 0.1) is 5.41 Å². The summed E-state index contributed by atoms with van der Waals surface area (Å²) in [5, 5.41) is 7.11. The van der Waals surface area contributed by atoms with Crippen molar-refractivity contribution in [3.05, 3.63) is 94.2 Å². The van der Waals surface area contributed by atoms with Crippen LogP contribution in [0.15, 0.2) is 60.7 Å². The summed E-state index contributed by atoms with van der Waals surface area (Å²) in [6.45, 7) is 20.6. The van der Waals surface area contributed by atoms with Gasteiger partial charge in [-0.15, -0.1) is 0 Å². The van der Waals surface area contributed by atoms with Gasteiger partial charge in [0, 0.05) is 40.9 Å². The highest BCUT2D eigenvalue weighted by molar-refractivity contribution is 5.93. The van der Waals surface area contributed by atoms with Crippen molar-refractivity contribution in [2.75, 3.05) is 33.4 Å². The first-order chi connectivity index (χ1) is 27.3. The highest BCUT2D eigenvalue weighted by atomic mass is 16.5. The summed E-state index contributed by atoms with van der Waals surface area (Å²) in [7, 11) is 1.36. The Morgan fingerprint density at radius 2 is 1.36 bits per heavy atom. The molecule has 10 heteroatoms. The SMILES string of the molecule is COC(=O)C(CCCN)(CCCN)CNC(=O)[C@H](Cc1c(C(C)(C)C)[nH]c2cc(C(C)(C)C)cc(C(C)(C)C)c12)NC(=O)OCC1c2ccccc2-c2ccccc21. The van der Waals surface area contributed by atoms with Gasteiger partial charge in [0.05, 0.1) is 12.5 Å². The van der Waals surface area contributed by atoms with Crippen LogP contribution in [-0.4, -0.2) is 62.3 Å². The van der Waals surface area contributed by atoms with Crippen LogP contribution in [0.5, 0.6) is 0 Å². The molecule has 0 saturated heterocycles. The minimum atomic E-state index is -1.05. The lowest BCUT2D eigenvalue weighted by molar-refractivity contribution is -0.154. The molecule has 5 rings (SSSR count). The third-order valence-corrected chi connectivity index (χ3v) is 11.7. The Labute approximate surface area is 345 Å². The number of H-pyrrole nitrogens is 1. The number of esters is 1. The molecule has 0 radical (unpaired) electrons. The number of nitrogens with one attached hydrogen (secondary N) is 3. The van der Waals surface area contributed by atoms with Crippen molar-refractivity contribution in [2.24, 2.45) is 16.9 Å². The van der Waals surface area contributed by atoms with E-state index in [2.05, 4.69) is 114 Å². The number of hydrogen-bond donors (Lipinski definition) is 5. The summed E-state index contributed by atoms with van der Waals surface area (Å²) >= 11 is 0. The number of fused-ring (bicyclic) bond motifs is 4. The van der Waals surface area contributed by atoms with E-state index >= 15 is 0 Å². The van der Waals surface area contributed by atoms with Crippen molar-refractivity contribution in [2.45, 2.75) is 123 Å². The Morgan fingerprint density at radius 3 is 1.86 bits per heavy atom. The summed E-state index contributed by atoms with van der Waals surface area (Å²) in [6.07, 6.45) is 1.44. The maximum absolute atomic E-state index is 14.7. The van der Waals surface area contributed by atoms with Crippen molar-refractivity contribution in [1.29, 1.82) is 0 Å². The van der Waals surface area contributed by atoms with Crippen LogP contribution in [-0.2, 0) is 41.7 Å². The number of methoxy groups -OCH3 is 1. The largest absolute Gasteiger partial charge is 0.469 e. The lowest BCUT2D eigenvalue weighted by Gasteiger charge is -2.32. The van der Waals surface area contributed by atoms with E-state index < -0.39 is 29.4 Å². The Balaban J connectivity index is 1.55. The third kappa shape index (κ3) is 9.61. The first kappa shape index (κ1) is 44.4. The van der Waals surface area contributed by atoms with Crippen LogP contribution in [0.3, 0.4) is 0 Å². The maximum Gasteiger partial charge on any atom is 0.407 e. The van der Waals surface area contributed by atoms with E-state index in [0.29, 0.717) is 38.8 Å². The summed E-state index contributed by atoms with van der Waals surface area (Å²) < 4.78 is 11.3. The summed E-state index contributed by atoms with van der Waals surface area (Å²) in [5.41, 5.74) is 19.9. The molecule has 0 unspecified atom stereocenters. The third-order valence-electron chi connectivity index (χ3n) is 11.7. The number of aromatic nitrogens is 1. The van der Waals surface area contributed by atoms with Gasteiger partial charge in [0.25, 0.3) is 0 Å².